The third-order valence-electron chi connectivity index (χ3n) is 6.08. The lowest BCUT2D eigenvalue weighted by atomic mass is 9.93. The van der Waals surface area contributed by atoms with E-state index in [1.807, 2.05) is 17.0 Å². The third-order valence-corrected chi connectivity index (χ3v) is 6.08. The van der Waals surface area contributed by atoms with Gasteiger partial charge in [0, 0.05) is 31.7 Å². The third kappa shape index (κ3) is 7.41. The van der Waals surface area contributed by atoms with Crippen LogP contribution in [0.3, 0.4) is 0 Å². The van der Waals surface area contributed by atoms with Crippen LogP contribution in [0.15, 0.2) is 29.3 Å². The minimum absolute atomic E-state index is 0. The van der Waals surface area contributed by atoms with E-state index in [0.29, 0.717) is 13.0 Å². The van der Waals surface area contributed by atoms with Crippen LogP contribution in [0.1, 0.15) is 51.5 Å². The van der Waals surface area contributed by atoms with Crippen LogP contribution in [0.5, 0.6) is 0 Å². The molecule has 2 N–H and O–H groups in total. The van der Waals surface area contributed by atoms with Crippen LogP contribution in [-0.4, -0.2) is 56.0 Å². The van der Waals surface area contributed by atoms with Gasteiger partial charge in [0.2, 0.25) is 5.91 Å². The number of aliphatic imine (C=N–C) groups is 1. The first-order valence-electron chi connectivity index (χ1n) is 11.3. The maximum absolute atomic E-state index is 11.9. The van der Waals surface area contributed by atoms with Crippen LogP contribution in [0.2, 0.25) is 0 Å². The largest absolute Gasteiger partial charge is 0.357 e. The van der Waals surface area contributed by atoms with Gasteiger partial charge in [-0.05, 0) is 75.9 Å². The molecule has 1 aromatic rings. The highest BCUT2D eigenvalue weighted by Crippen LogP contribution is 2.22. The topological polar surface area (TPSA) is 60.0 Å². The molecule has 1 amide bonds. The highest BCUT2D eigenvalue weighted by Gasteiger charge is 2.21. The second-order valence-corrected chi connectivity index (χ2v) is 8.10. The Balaban J connectivity index is 0.00000320. The molecule has 2 aliphatic rings. The van der Waals surface area contributed by atoms with E-state index in [4.69, 9.17) is 4.99 Å². The summed E-state index contributed by atoms with van der Waals surface area (Å²) in [6.45, 7) is 11.3. The number of carbonyl (C=O) groups is 1. The highest BCUT2D eigenvalue weighted by molar-refractivity contribution is 14.0. The lowest BCUT2D eigenvalue weighted by molar-refractivity contribution is -0.117. The zero-order valence-corrected chi connectivity index (χ0v) is 20.9. The van der Waals surface area contributed by atoms with Gasteiger partial charge in [0.25, 0.3) is 0 Å². The van der Waals surface area contributed by atoms with Crippen molar-refractivity contribution in [3.05, 3.63) is 29.8 Å². The zero-order chi connectivity index (χ0) is 20.5. The zero-order valence-electron chi connectivity index (χ0n) is 18.5. The number of amides is 1. The molecule has 2 fully saturated rings. The average Bonchev–Trinajstić information content (AvgIpc) is 3.19. The summed E-state index contributed by atoms with van der Waals surface area (Å²) < 4.78 is 0. The predicted octanol–water partition coefficient (Wildman–Crippen LogP) is 3.61. The number of nitrogens with one attached hydrogen (secondary N) is 2. The lowest BCUT2D eigenvalue weighted by Crippen LogP contribution is -2.39. The Hall–Kier alpha value is -1.35. The molecule has 0 unspecified atom stereocenters. The van der Waals surface area contributed by atoms with Gasteiger partial charge in [-0.2, -0.15) is 0 Å². The molecular formula is C23H38IN5O. The maximum Gasteiger partial charge on any atom is 0.227 e. The summed E-state index contributed by atoms with van der Waals surface area (Å²) in [5, 5.41) is 6.84. The molecule has 30 heavy (non-hydrogen) atoms. The Kier molecular flexibility index (Phi) is 10.9. The molecule has 0 saturated carbocycles. The van der Waals surface area contributed by atoms with Crippen molar-refractivity contribution in [1.82, 2.24) is 15.5 Å². The predicted molar refractivity (Wildman–Crippen MR) is 136 cm³/mol. The van der Waals surface area contributed by atoms with E-state index >= 15 is 0 Å². The summed E-state index contributed by atoms with van der Waals surface area (Å²) in [7, 11) is 0. The van der Waals surface area contributed by atoms with Crippen molar-refractivity contribution in [2.45, 2.75) is 52.5 Å². The number of carbonyl (C=O) groups excluding carboxylic acids is 1. The Morgan fingerprint density at radius 3 is 2.43 bits per heavy atom. The van der Waals surface area contributed by atoms with E-state index in [2.05, 4.69) is 41.5 Å². The Morgan fingerprint density at radius 2 is 1.83 bits per heavy atom. The second kappa shape index (κ2) is 13.1. The summed E-state index contributed by atoms with van der Waals surface area (Å²) in [4.78, 5) is 21.0. The number of rotatable bonds is 8. The molecule has 168 valence electrons. The first-order valence-corrected chi connectivity index (χ1v) is 11.3. The van der Waals surface area contributed by atoms with Gasteiger partial charge in [0.1, 0.15) is 0 Å². The number of nitrogens with zero attached hydrogens (tertiary/aromatic N) is 3. The van der Waals surface area contributed by atoms with Gasteiger partial charge in [0.15, 0.2) is 5.96 Å². The minimum Gasteiger partial charge on any atom is -0.357 e. The fourth-order valence-electron chi connectivity index (χ4n) is 4.20. The molecule has 1 aromatic carbocycles. The van der Waals surface area contributed by atoms with Crippen molar-refractivity contribution in [2.24, 2.45) is 10.9 Å². The van der Waals surface area contributed by atoms with Crippen molar-refractivity contribution in [1.29, 1.82) is 0 Å². The van der Waals surface area contributed by atoms with Crippen molar-refractivity contribution >= 4 is 41.5 Å². The minimum atomic E-state index is 0. The fourth-order valence-corrected chi connectivity index (χ4v) is 4.20. The molecule has 2 saturated heterocycles. The second-order valence-electron chi connectivity index (χ2n) is 8.10. The number of anilines is 1. The van der Waals surface area contributed by atoms with Crippen molar-refractivity contribution in [2.75, 3.05) is 44.2 Å². The monoisotopic (exact) mass is 527 g/mol. The van der Waals surface area contributed by atoms with E-state index in [9.17, 15) is 4.79 Å². The lowest BCUT2D eigenvalue weighted by Gasteiger charge is -2.31. The van der Waals surface area contributed by atoms with Crippen LogP contribution in [-0.2, 0) is 11.3 Å². The van der Waals surface area contributed by atoms with Gasteiger partial charge in [-0.25, -0.2) is 4.99 Å². The van der Waals surface area contributed by atoms with Crippen molar-refractivity contribution < 1.29 is 4.79 Å². The number of hydrogen-bond acceptors (Lipinski definition) is 3. The molecule has 6 nitrogen and oxygen atoms in total. The van der Waals surface area contributed by atoms with E-state index in [0.717, 1.165) is 49.2 Å². The maximum atomic E-state index is 11.9. The van der Waals surface area contributed by atoms with Crippen LogP contribution in [0, 0.1) is 5.92 Å². The number of guanidine groups is 1. The van der Waals surface area contributed by atoms with Crippen LogP contribution >= 0.6 is 24.0 Å². The normalized spacial score (nSPS) is 18.4. The van der Waals surface area contributed by atoms with E-state index in [-0.39, 0.29) is 29.9 Å². The Labute approximate surface area is 198 Å². The molecule has 7 heteroatoms. The SMILES string of the molecule is CCNC(=NCc1ccc(N2CCCC2=O)cc1)NCCC1CCN(CC)CC1.I. The molecule has 0 aromatic heterocycles. The van der Waals surface area contributed by atoms with Crippen molar-refractivity contribution in [3.8, 4) is 0 Å². The Morgan fingerprint density at radius 1 is 1.10 bits per heavy atom. The van der Waals surface area contributed by atoms with Gasteiger partial charge in [-0.15, -0.1) is 24.0 Å². The number of piperidine rings is 1. The molecule has 3 rings (SSSR count). The van der Waals surface area contributed by atoms with Gasteiger partial charge >= 0.3 is 0 Å². The molecular weight excluding hydrogens is 489 g/mol. The summed E-state index contributed by atoms with van der Waals surface area (Å²) in [5.74, 6) is 1.95. The molecule has 2 heterocycles. The molecule has 0 radical (unpaired) electrons. The smallest absolute Gasteiger partial charge is 0.227 e. The number of likely N-dealkylation sites (tertiary alicyclic amines) is 1. The summed E-state index contributed by atoms with van der Waals surface area (Å²) in [6.07, 6.45) is 5.46. The molecule has 0 aliphatic carbocycles. The van der Waals surface area contributed by atoms with E-state index in [1.165, 1.54) is 38.9 Å². The fraction of sp³-hybridized carbons (Fsp3) is 0.652. The van der Waals surface area contributed by atoms with Gasteiger partial charge < -0.3 is 20.4 Å². The van der Waals surface area contributed by atoms with E-state index in [1.54, 1.807) is 0 Å². The number of hydrogen-bond donors (Lipinski definition) is 2. The van der Waals surface area contributed by atoms with Crippen LogP contribution < -0.4 is 15.5 Å². The first kappa shape index (κ1) is 24.9. The average molecular weight is 527 g/mol. The molecule has 0 atom stereocenters. The van der Waals surface area contributed by atoms with E-state index < -0.39 is 0 Å². The number of benzene rings is 1. The standard InChI is InChI=1S/C23H37N5O.HI/c1-3-24-23(25-14-11-19-12-16-27(4-2)17-13-19)26-18-20-7-9-21(10-8-20)28-15-5-6-22(28)29;/h7-10,19H,3-6,11-18H2,1-2H3,(H2,24,25,26);1H. The van der Waals surface area contributed by atoms with Crippen LogP contribution in [0.4, 0.5) is 5.69 Å². The first-order chi connectivity index (χ1) is 14.2. The van der Waals surface area contributed by atoms with Gasteiger partial charge in [0.05, 0.1) is 6.54 Å². The van der Waals surface area contributed by atoms with Gasteiger partial charge in [-0.1, -0.05) is 19.1 Å². The molecule has 0 bridgehead atoms. The van der Waals surface area contributed by atoms with Crippen molar-refractivity contribution in [3.63, 3.8) is 0 Å². The van der Waals surface area contributed by atoms with Gasteiger partial charge in [-0.3, -0.25) is 4.79 Å². The van der Waals surface area contributed by atoms with Crippen LogP contribution in [0.25, 0.3) is 0 Å². The summed E-state index contributed by atoms with van der Waals surface area (Å²) in [5.41, 5.74) is 2.16. The summed E-state index contributed by atoms with van der Waals surface area (Å²) in [6, 6.07) is 8.24. The Bertz CT molecular complexity index is 671. The summed E-state index contributed by atoms with van der Waals surface area (Å²) >= 11 is 0. The quantitative estimate of drug-likeness (QED) is 0.308. The number of halogens is 1. The molecule has 0 spiro atoms. The highest BCUT2D eigenvalue weighted by atomic mass is 127. The molecule has 2 aliphatic heterocycles.